The predicted octanol–water partition coefficient (Wildman–Crippen LogP) is 2.01. The van der Waals surface area contributed by atoms with Crippen LogP contribution in [0.15, 0.2) is 18.5 Å². The van der Waals surface area contributed by atoms with Crippen LogP contribution >= 0.6 is 11.6 Å². The number of halogens is 1. The minimum absolute atomic E-state index is 0.214. The quantitative estimate of drug-likeness (QED) is 0.813. The highest BCUT2D eigenvalue weighted by Crippen LogP contribution is 2.27. The molecule has 1 atom stereocenters. The number of imidazole rings is 1. The third-order valence-electron chi connectivity index (χ3n) is 3.85. The van der Waals surface area contributed by atoms with Crippen molar-refractivity contribution in [1.29, 1.82) is 0 Å². The molecule has 0 spiro atoms. The van der Waals surface area contributed by atoms with Crippen LogP contribution in [0.1, 0.15) is 24.7 Å². The lowest BCUT2D eigenvalue weighted by atomic mass is 10.0. The molecule has 20 heavy (non-hydrogen) atoms. The van der Waals surface area contributed by atoms with Crippen molar-refractivity contribution in [3.05, 3.63) is 24.3 Å². The Morgan fingerprint density at radius 1 is 1.50 bits per heavy atom. The molecular weight excluding hydrogens is 276 g/mol. The van der Waals surface area contributed by atoms with Gasteiger partial charge in [-0.2, -0.15) is 0 Å². The summed E-state index contributed by atoms with van der Waals surface area (Å²) in [5, 5.41) is 0. The molecule has 1 fully saturated rings. The minimum atomic E-state index is 0.214. The number of pyridine rings is 1. The molecule has 1 aliphatic heterocycles. The SMILES string of the molecule is CN1CC(n2c(CCCl)nc3cnccc32)CCC1=O. The Kier molecular flexibility index (Phi) is 3.61. The zero-order chi connectivity index (χ0) is 14.1. The Balaban J connectivity index is 2.04. The summed E-state index contributed by atoms with van der Waals surface area (Å²) in [5.74, 6) is 1.74. The van der Waals surface area contributed by atoms with Crippen LogP contribution in [0.2, 0.25) is 0 Å². The number of likely N-dealkylation sites (N-methyl/N-ethyl adjacent to an activating group) is 1. The highest BCUT2D eigenvalue weighted by molar-refractivity contribution is 6.17. The molecular formula is C14H17ClN4O. The van der Waals surface area contributed by atoms with Crippen molar-refractivity contribution in [2.45, 2.75) is 25.3 Å². The second-order valence-corrected chi connectivity index (χ2v) is 5.55. The first kappa shape index (κ1) is 13.4. The van der Waals surface area contributed by atoms with Crippen LogP contribution in [0.25, 0.3) is 11.0 Å². The van der Waals surface area contributed by atoms with E-state index in [2.05, 4.69) is 14.5 Å². The maximum absolute atomic E-state index is 11.7. The van der Waals surface area contributed by atoms with Gasteiger partial charge < -0.3 is 9.47 Å². The van der Waals surface area contributed by atoms with E-state index in [1.165, 1.54) is 0 Å². The molecule has 0 saturated carbocycles. The summed E-state index contributed by atoms with van der Waals surface area (Å²) in [4.78, 5) is 22.2. The number of aromatic nitrogens is 3. The van der Waals surface area contributed by atoms with E-state index in [1.54, 1.807) is 17.3 Å². The van der Waals surface area contributed by atoms with Gasteiger partial charge in [0.15, 0.2) is 0 Å². The number of piperidine rings is 1. The van der Waals surface area contributed by atoms with Crippen LogP contribution in [-0.4, -0.2) is 44.8 Å². The number of alkyl halides is 1. The van der Waals surface area contributed by atoms with Crippen molar-refractivity contribution >= 4 is 28.5 Å². The van der Waals surface area contributed by atoms with E-state index in [-0.39, 0.29) is 11.9 Å². The van der Waals surface area contributed by atoms with Gasteiger partial charge >= 0.3 is 0 Å². The Morgan fingerprint density at radius 3 is 3.10 bits per heavy atom. The van der Waals surface area contributed by atoms with Crippen molar-refractivity contribution in [3.8, 4) is 0 Å². The second kappa shape index (κ2) is 5.40. The molecule has 3 rings (SSSR count). The molecule has 2 aromatic rings. The molecule has 0 radical (unpaired) electrons. The molecule has 1 amide bonds. The Labute approximate surface area is 122 Å². The van der Waals surface area contributed by atoms with Gasteiger partial charge in [0, 0.05) is 38.5 Å². The molecule has 0 aromatic carbocycles. The van der Waals surface area contributed by atoms with Gasteiger partial charge in [0.1, 0.15) is 11.3 Å². The van der Waals surface area contributed by atoms with Gasteiger partial charge in [0.25, 0.3) is 0 Å². The molecule has 6 heteroatoms. The summed E-state index contributed by atoms with van der Waals surface area (Å²) in [5.41, 5.74) is 1.97. The van der Waals surface area contributed by atoms with Crippen molar-refractivity contribution < 1.29 is 4.79 Å². The van der Waals surface area contributed by atoms with Crippen LogP contribution in [0, 0.1) is 0 Å². The van der Waals surface area contributed by atoms with Gasteiger partial charge in [-0.1, -0.05) is 0 Å². The lowest BCUT2D eigenvalue weighted by Crippen LogP contribution is -2.38. The second-order valence-electron chi connectivity index (χ2n) is 5.17. The number of carbonyl (C=O) groups is 1. The first-order valence-corrected chi connectivity index (χ1v) is 7.35. The maximum atomic E-state index is 11.7. The molecule has 3 heterocycles. The largest absolute Gasteiger partial charge is 0.344 e. The van der Waals surface area contributed by atoms with Gasteiger partial charge in [-0.25, -0.2) is 4.98 Å². The fourth-order valence-corrected chi connectivity index (χ4v) is 3.04. The number of nitrogens with zero attached hydrogens (tertiary/aromatic N) is 4. The van der Waals surface area contributed by atoms with Gasteiger partial charge in [0.2, 0.25) is 5.91 Å². The van der Waals surface area contributed by atoms with Crippen LogP contribution in [0.3, 0.4) is 0 Å². The maximum Gasteiger partial charge on any atom is 0.222 e. The third-order valence-corrected chi connectivity index (χ3v) is 4.04. The van der Waals surface area contributed by atoms with E-state index in [0.717, 1.165) is 36.2 Å². The minimum Gasteiger partial charge on any atom is -0.344 e. The molecule has 5 nitrogen and oxygen atoms in total. The Bertz CT molecular complexity index is 639. The van der Waals surface area contributed by atoms with Gasteiger partial charge in [0.05, 0.1) is 17.8 Å². The van der Waals surface area contributed by atoms with E-state index in [1.807, 2.05) is 13.1 Å². The molecule has 0 aliphatic carbocycles. The van der Waals surface area contributed by atoms with Crippen LogP contribution in [-0.2, 0) is 11.2 Å². The summed E-state index contributed by atoms with van der Waals surface area (Å²) in [6.45, 7) is 0.724. The summed E-state index contributed by atoms with van der Waals surface area (Å²) in [6.07, 6.45) is 5.73. The van der Waals surface area contributed by atoms with Crippen molar-refractivity contribution in [2.75, 3.05) is 19.5 Å². The lowest BCUT2D eigenvalue weighted by molar-refractivity contribution is -0.132. The summed E-state index contributed by atoms with van der Waals surface area (Å²) in [7, 11) is 1.86. The molecule has 0 bridgehead atoms. The first-order chi connectivity index (χ1) is 9.70. The molecule has 1 saturated heterocycles. The van der Waals surface area contributed by atoms with E-state index in [9.17, 15) is 4.79 Å². The number of hydrogen-bond acceptors (Lipinski definition) is 3. The number of hydrogen-bond donors (Lipinski definition) is 0. The fraction of sp³-hybridized carbons (Fsp3) is 0.500. The number of aryl methyl sites for hydroxylation is 1. The normalized spacial score (nSPS) is 19.8. The number of fused-ring (bicyclic) bond motifs is 1. The average molecular weight is 293 g/mol. The number of carbonyl (C=O) groups excluding carboxylic acids is 1. The van der Waals surface area contributed by atoms with Crippen molar-refractivity contribution in [3.63, 3.8) is 0 Å². The average Bonchev–Trinajstić information content (AvgIpc) is 2.80. The van der Waals surface area contributed by atoms with E-state index in [4.69, 9.17) is 11.6 Å². The van der Waals surface area contributed by atoms with Crippen molar-refractivity contribution in [1.82, 2.24) is 19.4 Å². The standard InChI is InChI=1S/C14H17ClN4O/c1-18-9-10(2-3-14(18)20)19-12-5-7-16-8-11(12)17-13(19)4-6-15/h5,7-8,10H,2-4,6,9H2,1H3. The van der Waals surface area contributed by atoms with Gasteiger partial charge in [-0.3, -0.25) is 9.78 Å². The zero-order valence-corrected chi connectivity index (χ0v) is 12.2. The predicted molar refractivity (Wildman–Crippen MR) is 77.9 cm³/mol. The molecule has 1 aliphatic rings. The molecule has 2 aromatic heterocycles. The van der Waals surface area contributed by atoms with Gasteiger partial charge in [-0.15, -0.1) is 11.6 Å². The fourth-order valence-electron chi connectivity index (χ4n) is 2.87. The summed E-state index contributed by atoms with van der Waals surface area (Å²) < 4.78 is 2.24. The number of rotatable bonds is 3. The van der Waals surface area contributed by atoms with E-state index < -0.39 is 0 Å². The van der Waals surface area contributed by atoms with Crippen LogP contribution in [0.5, 0.6) is 0 Å². The monoisotopic (exact) mass is 292 g/mol. The zero-order valence-electron chi connectivity index (χ0n) is 11.4. The number of likely N-dealkylation sites (tertiary alicyclic amines) is 1. The van der Waals surface area contributed by atoms with Crippen LogP contribution in [0.4, 0.5) is 0 Å². The van der Waals surface area contributed by atoms with Gasteiger partial charge in [-0.05, 0) is 12.5 Å². The smallest absolute Gasteiger partial charge is 0.222 e. The lowest BCUT2D eigenvalue weighted by Gasteiger charge is -2.31. The van der Waals surface area contributed by atoms with Crippen molar-refractivity contribution in [2.24, 2.45) is 0 Å². The Morgan fingerprint density at radius 2 is 2.35 bits per heavy atom. The van der Waals surface area contributed by atoms with E-state index >= 15 is 0 Å². The highest BCUT2D eigenvalue weighted by atomic mass is 35.5. The first-order valence-electron chi connectivity index (χ1n) is 6.81. The Hall–Kier alpha value is -1.62. The third kappa shape index (κ3) is 2.26. The molecule has 1 unspecified atom stereocenters. The number of amides is 1. The van der Waals surface area contributed by atoms with Crippen LogP contribution < -0.4 is 0 Å². The highest BCUT2D eigenvalue weighted by Gasteiger charge is 2.27. The summed E-state index contributed by atoms with van der Waals surface area (Å²) >= 11 is 5.89. The summed E-state index contributed by atoms with van der Waals surface area (Å²) in [6, 6.07) is 2.25. The topological polar surface area (TPSA) is 51.0 Å². The van der Waals surface area contributed by atoms with E-state index in [0.29, 0.717) is 12.3 Å². The molecule has 0 N–H and O–H groups in total. The molecule has 106 valence electrons.